The molecular formula is C10H9ClF4N2O. The van der Waals surface area contributed by atoms with E-state index in [1.165, 1.54) is 12.1 Å². The molecule has 1 rings (SSSR count). The molecule has 0 saturated carbocycles. The molecule has 0 unspecified atom stereocenters. The number of hydrogen-bond donors (Lipinski definition) is 2. The first-order valence-corrected chi connectivity index (χ1v) is 5.11. The van der Waals surface area contributed by atoms with Crippen molar-refractivity contribution in [1.29, 1.82) is 0 Å². The number of nitrogens with two attached hydrogens (primary N) is 1. The Hall–Kier alpha value is -1.50. The summed E-state index contributed by atoms with van der Waals surface area (Å²) in [7, 11) is 0. The Bertz CT molecular complexity index is 454. The van der Waals surface area contributed by atoms with Crippen LogP contribution in [0.25, 0.3) is 0 Å². The van der Waals surface area contributed by atoms with Gasteiger partial charge < -0.3 is 11.1 Å². The van der Waals surface area contributed by atoms with Crippen molar-refractivity contribution >= 4 is 23.2 Å². The van der Waals surface area contributed by atoms with Crippen LogP contribution in [-0.2, 0) is 0 Å². The molecule has 1 amide bonds. The van der Waals surface area contributed by atoms with E-state index in [1.807, 2.05) is 0 Å². The van der Waals surface area contributed by atoms with Gasteiger partial charge in [0, 0.05) is 5.56 Å². The highest BCUT2D eigenvalue weighted by atomic mass is 35.5. The topological polar surface area (TPSA) is 55.1 Å². The maximum Gasteiger partial charge on any atom is 0.324 e. The van der Waals surface area contributed by atoms with Gasteiger partial charge in [-0.3, -0.25) is 4.79 Å². The molecule has 3 N–H and O–H groups in total. The van der Waals surface area contributed by atoms with Crippen LogP contribution in [0.2, 0.25) is 5.02 Å². The SMILES string of the molecule is Nc1ccc(C(=O)NCC(F)(F)C(F)F)cc1Cl. The minimum absolute atomic E-state index is 0.0423. The standard InChI is InChI=1S/C10H9ClF4N2O/c11-6-3-5(1-2-7(6)16)8(18)17-4-10(14,15)9(12)13/h1-3,9H,4,16H2,(H,17,18). The predicted molar refractivity (Wildman–Crippen MR) is 59.1 cm³/mol. The Morgan fingerprint density at radius 3 is 2.56 bits per heavy atom. The molecule has 0 radical (unpaired) electrons. The van der Waals surface area contributed by atoms with Crippen molar-refractivity contribution < 1.29 is 22.4 Å². The van der Waals surface area contributed by atoms with Gasteiger partial charge in [-0.15, -0.1) is 0 Å². The Morgan fingerprint density at radius 1 is 1.44 bits per heavy atom. The van der Waals surface area contributed by atoms with Crippen molar-refractivity contribution in [2.45, 2.75) is 12.3 Å². The first-order valence-electron chi connectivity index (χ1n) is 4.73. The number of nitrogens with one attached hydrogen (secondary N) is 1. The summed E-state index contributed by atoms with van der Waals surface area (Å²) in [6.45, 7) is -1.45. The molecular weight excluding hydrogens is 276 g/mol. The van der Waals surface area contributed by atoms with E-state index >= 15 is 0 Å². The first kappa shape index (κ1) is 14.6. The lowest BCUT2D eigenvalue weighted by molar-refractivity contribution is -0.123. The smallest absolute Gasteiger partial charge is 0.324 e. The molecule has 0 spiro atoms. The van der Waals surface area contributed by atoms with Gasteiger partial charge in [-0.2, -0.15) is 8.78 Å². The molecule has 0 aliphatic rings. The van der Waals surface area contributed by atoms with Gasteiger partial charge in [0.25, 0.3) is 5.91 Å². The normalized spacial score (nSPS) is 11.7. The third-order valence-corrected chi connectivity index (χ3v) is 2.39. The van der Waals surface area contributed by atoms with Crippen molar-refractivity contribution in [2.75, 3.05) is 12.3 Å². The molecule has 0 fully saturated rings. The van der Waals surface area contributed by atoms with Gasteiger partial charge in [0.1, 0.15) is 0 Å². The number of hydrogen-bond acceptors (Lipinski definition) is 2. The van der Waals surface area contributed by atoms with Crippen molar-refractivity contribution in [3.8, 4) is 0 Å². The zero-order valence-electron chi connectivity index (χ0n) is 8.89. The fourth-order valence-corrected chi connectivity index (χ4v) is 1.23. The summed E-state index contributed by atoms with van der Waals surface area (Å²) in [5, 5.41) is 1.77. The largest absolute Gasteiger partial charge is 0.398 e. The summed E-state index contributed by atoms with van der Waals surface area (Å²) in [4.78, 5) is 11.4. The number of anilines is 1. The highest BCUT2D eigenvalue weighted by Crippen LogP contribution is 2.22. The number of benzene rings is 1. The zero-order valence-corrected chi connectivity index (χ0v) is 9.65. The van der Waals surface area contributed by atoms with E-state index in [9.17, 15) is 22.4 Å². The number of halogens is 5. The van der Waals surface area contributed by atoms with Crippen LogP contribution < -0.4 is 11.1 Å². The molecule has 0 heterocycles. The lowest BCUT2D eigenvalue weighted by atomic mass is 10.2. The third-order valence-electron chi connectivity index (χ3n) is 2.07. The summed E-state index contributed by atoms with van der Waals surface area (Å²) in [5.74, 6) is -5.20. The number of carbonyl (C=O) groups excluding carboxylic acids is 1. The zero-order chi connectivity index (χ0) is 13.9. The van der Waals surface area contributed by atoms with Crippen molar-refractivity contribution in [3.05, 3.63) is 28.8 Å². The van der Waals surface area contributed by atoms with E-state index in [-0.39, 0.29) is 16.3 Å². The van der Waals surface area contributed by atoms with Crippen LogP contribution in [0, 0.1) is 0 Å². The number of alkyl halides is 4. The Morgan fingerprint density at radius 2 is 2.06 bits per heavy atom. The highest BCUT2D eigenvalue weighted by molar-refractivity contribution is 6.33. The molecule has 3 nitrogen and oxygen atoms in total. The molecule has 100 valence electrons. The monoisotopic (exact) mass is 284 g/mol. The van der Waals surface area contributed by atoms with E-state index in [1.54, 1.807) is 5.32 Å². The predicted octanol–water partition coefficient (Wildman–Crippen LogP) is 2.55. The van der Waals surface area contributed by atoms with E-state index in [0.29, 0.717) is 0 Å². The fraction of sp³-hybridized carbons (Fsp3) is 0.300. The maximum atomic E-state index is 12.6. The van der Waals surface area contributed by atoms with Crippen LogP contribution in [0.15, 0.2) is 18.2 Å². The summed E-state index contributed by atoms with van der Waals surface area (Å²) in [6, 6.07) is 3.71. The highest BCUT2D eigenvalue weighted by Gasteiger charge is 2.40. The molecule has 0 atom stereocenters. The van der Waals surface area contributed by atoms with Crippen LogP contribution in [0.1, 0.15) is 10.4 Å². The van der Waals surface area contributed by atoms with Gasteiger partial charge in [0.2, 0.25) is 0 Å². The van der Waals surface area contributed by atoms with Crippen molar-refractivity contribution in [3.63, 3.8) is 0 Å². The minimum atomic E-state index is -4.27. The average molecular weight is 285 g/mol. The summed E-state index contributed by atoms with van der Waals surface area (Å²) >= 11 is 5.63. The van der Waals surface area contributed by atoms with Crippen molar-refractivity contribution in [1.82, 2.24) is 5.32 Å². The molecule has 0 saturated heterocycles. The quantitative estimate of drug-likeness (QED) is 0.659. The number of amides is 1. The molecule has 1 aromatic rings. The van der Waals surface area contributed by atoms with Crippen LogP contribution >= 0.6 is 11.6 Å². The second-order valence-corrected chi connectivity index (χ2v) is 3.89. The second-order valence-electron chi connectivity index (χ2n) is 3.48. The van der Waals surface area contributed by atoms with Gasteiger partial charge in [0.05, 0.1) is 17.3 Å². The number of nitrogen functional groups attached to an aromatic ring is 1. The fourth-order valence-electron chi connectivity index (χ4n) is 1.05. The van der Waals surface area contributed by atoms with E-state index in [0.717, 1.165) is 6.07 Å². The van der Waals surface area contributed by atoms with E-state index in [2.05, 4.69) is 0 Å². The molecule has 18 heavy (non-hydrogen) atoms. The van der Waals surface area contributed by atoms with Gasteiger partial charge in [-0.05, 0) is 18.2 Å². The minimum Gasteiger partial charge on any atom is -0.398 e. The Balaban J connectivity index is 2.69. The van der Waals surface area contributed by atoms with Crippen molar-refractivity contribution in [2.24, 2.45) is 0 Å². The third kappa shape index (κ3) is 3.49. The first-order chi connectivity index (χ1) is 8.24. The van der Waals surface area contributed by atoms with Gasteiger partial charge >= 0.3 is 12.3 Å². The summed E-state index contributed by atoms with van der Waals surface area (Å²) in [6.07, 6.45) is -3.84. The number of rotatable bonds is 4. The molecule has 1 aromatic carbocycles. The molecule has 0 bridgehead atoms. The lowest BCUT2D eigenvalue weighted by Crippen LogP contribution is -2.41. The van der Waals surface area contributed by atoms with Gasteiger partial charge in [-0.1, -0.05) is 11.6 Å². The average Bonchev–Trinajstić information content (AvgIpc) is 2.29. The molecule has 0 aliphatic heterocycles. The van der Waals surface area contributed by atoms with Crippen LogP contribution in [0.4, 0.5) is 23.2 Å². The molecule has 8 heteroatoms. The number of carbonyl (C=O) groups is 1. The lowest BCUT2D eigenvalue weighted by Gasteiger charge is -2.15. The molecule has 0 aliphatic carbocycles. The van der Waals surface area contributed by atoms with Crippen LogP contribution in [0.5, 0.6) is 0 Å². The van der Waals surface area contributed by atoms with Crippen LogP contribution in [-0.4, -0.2) is 24.8 Å². The maximum absolute atomic E-state index is 12.6. The van der Waals surface area contributed by atoms with Gasteiger partial charge in [-0.25, -0.2) is 8.78 Å². The van der Waals surface area contributed by atoms with E-state index in [4.69, 9.17) is 17.3 Å². The van der Waals surface area contributed by atoms with E-state index < -0.39 is 24.8 Å². The summed E-state index contributed by atoms with van der Waals surface area (Å²) in [5.41, 5.74) is 5.56. The Kier molecular flexibility index (Phi) is 4.39. The molecule has 0 aromatic heterocycles. The summed E-state index contributed by atoms with van der Waals surface area (Å²) < 4.78 is 48.8. The second kappa shape index (κ2) is 5.43. The van der Waals surface area contributed by atoms with Gasteiger partial charge in [0.15, 0.2) is 0 Å². The Labute approximate surface area is 105 Å². The van der Waals surface area contributed by atoms with Crippen LogP contribution in [0.3, 0.4) is 0 Å².